The fourth-order valence-electron chi connectivity index (χ4n) is 3.80. The van der Waals surface area contributed by atoms with E-state index in [0.29, 0.717) is 17.2 Å². The summed E-state index contributed by atoms with van der Waals surface area (Å²) in [6, 6.07) is 9.65. The summed E-state index contributed by atoms with van der Waals surface area (Å²) >= 11 is 0. The Labute approximate surface area is 190 Å². The highest BCUT2D eigenvalue weighted by molar-refractivity contribution is 6.03. The van der Waals surface area contributed by atoms with Crippen LogP contribution in [0.2, 0.25) is 0 Å². The van der Waals surface area contributed by atoms with Crippen LogP contribution in [-0.2, 0) is 0 Å². The number of fused-ring (bicyclic) bond motifs is 1. The Morgan fingerprint density at radius 2 is 1.88 bits per heavy atom. The first-order valence-electron chi connectivity index (χ1n) is 10.8. The van der Waals surface area contributed by atoms with Gasteiger partial charge in [0.15, 0.2) is 11.6 Å². The van der Waals surface area contributed by atoms with Crippen molar-refractivity contribution in [3.05, 3.63) is 54.0 Å². The quantitative estimate of drug-likeness (QED) is 0.438. The van der Waals surface area contributed by atoms with E-state index in [2.05, 4.69) is 47.1 Å². The fraction of sp³-hybridized carbons (Fsp3) is 0.261. The van der Waals surface area contributed by atoms with E-state index in [4.69, 9.17) is 5.73 Å². The Kier molecular flexibility index (Phi) is 5.35. The van der Waals surface area contributed by atoms with Crippen molar-refractivity contribution < 1.29 is 4.79 Å². The van der Waals surface area contributed by atoms with Crippen LogP contribution in [0.4, 0.5) is 17.3 Å². The maximum atomic E-state index is 12.8. The molecule has 0 radical (unpaired) electrons. The third-order valence-electron chi connectivity index (χ3n) is 5.73. The number of likely N-dealkylation sites (N-methyl/N-ethyl adjacent to an activating group) is 1. The number of carbonyl (C=O) groups excluding carboxylic acids is 1. The third kappa shape index (κ3) is 4.33. The van der Waals surface area contributed by atoms with Gasteiger partial charge in [-0.05, 0) is 43.8 Å². The largest absolute Gasteiger partial charge is 0.382 e. The molecule has 0 saturated carbocycles. The van der Waals surface area contributed by atoms with Crippen LogP contribution in [-0.4, -0.2) is 69.0 Å². The molecule has 0 aliphatic carbocycles. The summed E-state index contributed by atoms with van der Waals surface area (Å²) in [7, 11) is 2.12. The van der Waals surface area contributed by atoms with Gasteiger partial charge < -0.3 is 25.8 Å². The Morgan fingerprint density at radius 1 is 1.06 bits per heavy atom. The van der Waals surface area contributed by atoms with Crippen molar-refractivity contribution in [1.82, 2.24) is 29.8 Å². The number of aromatic nitrogens is 5. The molecular weight excluding hydrogens is 418 g/mol. The molecule has 168 valence electrons. The maximum absolute atomic E-state index is 12.8. The summed E-state index contributed by atoms with van der Waals surface area (Å²) in [4.78, 5) is 38.2. The van der Waals surface area contributed by atoms with E-state index in [1.165, 1.54) is 6.20 Å². The first-order chi connectivity index (χ1) is 16.0. The average Bonchev–Trinajstić information content (AvgIpc) is 3.23. The second-order valence-corrected chi connectivity index (χ2v) is 8.24. The van der Waals surface area contributed by atoms with Crippen LogP contribution in [0.5, 0.6) is 0 Å². The number of aryl methyl sites for hydroxylation is 1. The molecule has 3 aromatic heterocycles. The number of nitrogen functional groups attached to an aromatic ring is 1. The van der Waals surface area contributed by atoms with E-state index in [-0.39, 0.29) is 11.5 Å². The summed E-state index contributed by atoms with van der Waals surface area (Å²) in [5.41, 5.74) is 9.86. The number of pyridine rings is 1. The highest BCUT2D eigenvalue weighted by atomic mass is 16.1. The van der Waals surface area contributed by atoms with Gasteiger partial charge in [0.05, 0.1) is 29.1 Å². The first kappa shape index (κ1) is 20.8. The number of amides is 1. The topological polar surface area (TPSA) is 129 Å². The molecule has 10 heteroatoms. The van der Waals surface area contributed by atoms with Crippen LogP contribution < -0.4 is 16.0 Å². The number of imidazole rings is 1. The molecule has 33 heavy (non-hydrogen) atoms. The van der Waals surface area contributed by atoms with Gasteiger partial charge in [0.25, 0.3) is 5.91 Å². The first-order valence-corrected chi connectivity index (χ1v) is 10.8. The van der Waals surface area contributed by atoms with Crippen molar-refractivity contribution in [3.63, 3.8) is 0 Å². The second kappa shape index (κ2) is 8.47. The minimum absolute atomic E-state index is 0.138. The number of benzene rings is 1. The number of nitrogens with two attached hydrogens (primary N) is 1. The molecule has 5 rings (SSSR count). The smallest absolute Gasteiger partial charge is 0.275 e. The molecule has 4 N–H and O–H groups in total. The lowest BCUT2D eigenvalue weighted by Gasteiger charge is -2.33. The number of anilines is 3. The molecule has 0 spiro atoms. The predicted molar refractivity (Wildman–Crippen MR) is 128 cm³/mol. The van der Waals surface area contributed by atoms with Crippen LogP contribution in [0.15, 0.2) is 42.7 Å². The van der Waals surface area contributed by atoms with Crippen molar-refractivity contribution >= 4 is 34.3 Å². The zero-order chi connectivity index (χ0) is 22.9. The lowest BCUT2D eigenvalue weighted by Crippen LogP contribution is -2.44. The average molecular weight is 444 g/mol. The number of hydrogen-bond acceptors (Lipinski definition) is 8. The molecule has 1 saturated heterocycles. The number of piperazine rings is 1. The zero-order valence-corrected chi connectivity index (χ0v) is 18.5. The van der Waals surface area contributed by atoms with E-state index in [9.17, 15) is 4.79 Å². The van der Waals surface area contributed by atoms with Gasteiger partial charge in [0.1, 0.15) is 17.2 Å². The molecule has 1 fully saturated rings. The van der Waals surface area contributed by atoms with Crippen molar-refractivity contribution in [2.75, 3.05) is 49.2 Å². The van der Waals surface area contributed by atoms with Gasteiger partial charge in [-0.15, -0.1) is 0 Å². The number of nitrogens with one attached hydrogen (secondary N) is 2. The van der Waals surface area contributed by atoms with Crippen LogP contribution >= 0.6 is 0 Å². The van der Waals surface area contributed by atoms with Crippen LogP contribution in [0, 0.1) is 6.92 Å². The SMILES string of the molecule is Cc1ccc2nc(-c3nc(C(=O)Nc4ccc(N5CCN(C)CC5)nc4)cnc3N)[nH]c2c1. The van der Waals surface area contributed by atoms with E-state index in [1.54, 1.807) is 6.20 Å². The minimum Gasteiger partial charge on any atom is -0.382 e. The number of nitrogens with zero attached hydrogens (tertiary/aromatic N) is 6. The lowest BCUT2D eigenvalue weighted by molar-refractivity contribution is 0.102. The summed E-state index contributed by atoms with van der Waals surface area (Å²) in [5, 5.41) is 2.83. The standard InChI is InChI=1S/C23H25N9O/c1-14-3-5-16-17(11-14)30-22(29-16)20-21(24)26-13-18(28-20)23(33)27-15-4-6-19(25-12-15)32-9-7-31(2)8-10-32/h3-6,11-13H,7-10H2,1-2H3,(H2,24,26)(H,27,33)(H,29,30). The third-order valence-corrected chi connectivity index (χ3v) is 5.73. The molecule has 1 amide bonds. The number of aromatic amines is 1. The van der Waals surface area contributed by atoms with Gasteiger partial charge in [-0.2, -0.15) is 0 Å². The number of rotatable bonds is 4. The van der Waals surface area contributed by atoms with Crippen molar-refractivity contribution in [2.45, 2.75) is 6.92 Å². The highest BCUT2D eigenvalue weighted by Gasteiger charge is 2.18. The molecule has 4 heterocycles. The summed E-state index contributed by atoms with van der Waals surface area (Å²) in [5.74, 6) is 1.16. The summed E-state index contributed by atoms with van der Waals surface area (Å²) < 4.78 is 0. The van der Waals surface area contributed by atoms with Gasteiger partial charge in [-0.1, -0.05) is 6.07 Å². The van der Waals surface area contributed by atoms with Gasteiger partial charge in [0.2, 0.25) is 0 Å². The van der Waals surface area contributed by atoms with Crippen molar-refractivity contribution in [3.8, 4) is 11.5 Å². The Hall–Kier alpha value is -4.05. The Balaban J connectivity index is 1.33. The van der Waals surface area contributed by atoms with Gasteiger partial charge >= 0.3 is 0 Å². The number of hydrogen-bond donors (Lipinski definition) is 3. The lowest BCUT2D eigenvalue weighted by atomic mass is 10.2. The molecule has 10 nitrogen and oxygen atoms in total. The second-order valence-electron chi connectivity index (χ2n) is 8.24. The summed E-state index contributed by atoms with van der Waals surface area (Å²) in [6.07, 6.45) is 3.01. The molecule has 1 aromatic carbocycles. The van der Waals surface area contributed by atoms with Gasteiger partial charge in [-0.3, -0.25) is 4.79 Å². The number of H-pyrrole nitrogens is 1. The fourth-order valence-corrected chi connectivity index (χ4v) is 3.80. The minimum atomic E-state index is -0.398. The number of carbonyl (C=O) groups is 1. The van der Waals surface area contributed by atoms with E-state index in [1.807, 2.05) is 37.3 Å². The van der Waals surface area contributed by atoms with Crippen LogP contribution in [0.3, 0.4) is 0 Å². The van der Waals surface area contributed by atoms with Gasteiger partial charge in [-0.25, -0.2) is 19.9 Å². The van der Waals surface area contributed by atoms with Gasteiger partial charge in [0, 0.05) is 26.2 Å². The van der Waals surface area contributed by atoms with Crippen LogP contribution in [0.1, 0.15) is 16.1 Å². The maximum Gasteiger partial charge on any atom is 0.275 e. The monoisotopic (exact) mass is 443 g/mol. The molecule has 4 aromatic rings. The Bertz CT molecular complexity index is 1310. The summed E-state index contributed by atoms with van der Waals surface area (Å²) in [6.45, 7) is 5.87. The zero-order valence-electron chi connectivity index (χ0n) is 18.5. The van der Waals surface area contributed by atoms with E-state index in [0.717, 1.165) is 48.6 Å². The van der Waals surface area contributed by atoms with Crippen molar-refractivity contribution in [1.29, 1.82) is 0 Å². The predicted octanol–water partition coefficient (Wildman–Crippen LogP) is 2.31. The molecule has 0 bridgehead atoms. The highest BCUT2D eigenvalue weighted by Crippen LogP contribution is 2.24. The normalized spacial score (nSPS) is 14.5. The molecule has 1 aliphatic rings. The van der Waals surface area contributed by atoms with E-state index < -0.39 is 5.91 Å². The molecule has 1 aliphatic heterocycles. The van der Waals surface area contributed by atoms with Crippen molar-refractivity contribution in [2.24, 2.45) is 0 Å². The molecule has 0 unspecified atom stereocenters. The van der Waals surface area contributed by atoms with E-state index >= 15 is 0 Å². The molecular formula is C23H25N9O. The Morgan fingerprint density at radius 3 is 2.64 bits per heavy atom. The molecule has 0 atom stereocenters. The van der Waals surface area contributed by atoms with Crippen LogP contribution in [0.25, 0.3) is 22.6 Å².